The summed E-state index contributed by atoms with van der Waals surface area (Å²) >= 11 is 1.77. The van der Waals surface area contributed by atoms with Gasteiger partial charge in [0.2, 0.25) is 0 Å². The number of morpholine rings is 1. The molecular formula is C14H20N2O3S. The maximum atomic E-state index is 11.5. The first-order valence-electron chi connectivity index (χ1n) is 7.10. The molecule has 110 valence electrons. The summed E-state index contributed by atoms with van der Waals surface area (Å²) < 4.78 is 10.4. The van der Waals surface area contributed by atoms with Gasteiger partial charge in [-0.2, -0.15) is 0 Å². The number of nitrogens with one attached hydrogen (secondary N) is 1. The smallest absolute Gasteiger partial charge is 0.323 e. The van der Waals surface area contributed by atoms with E-state index in [2.05, 4.69) is 27.7 Å². The monoisotopic (exact) mass is 296 g/mol. The number of carbonyl (C=O) groups excluding carboxylic acids is 1. The summed E-state index contributed by atoms with van der Waals surface area (Å²) in [4.78, 5) is 15.3. The Morgan fingerprint density at radius 2 is 2.25 bits per heavy atom. The van der Waals surface area contributed by atoms with Crippen LogP contribution in [0.4, 0.5) is 0 Å². The van der Waals surface area contributed by atoms with Crippen LogP contribution in [0.3, 0.4) is 0 Å². The number of esters is 1. The number of thiophene rings is 1. The third-order valence-corrected chi connectivity index (χ3v) is 4.82. The first kappa shape index (κ1) is 14.0. The number of cyclic esters (lactones) is 1. The molecule has 0 bridgehead atoms. The predicted molar refractivity (Wildman–Crippen MR) is 76.8 cm³/mol. The second kappa shape index (κ2) is 6.67. The van der Waals surface area contributed by atoms with Crippen molar-refractivity contribution >= 4 is 17.3 Å². The highest BCUT2D eigenvalue weighted by Crippen LogP contribution is 2.25. The third-order valence-electron chi connectivity index (χ3n) is 3.85. The van der Waals surface area contributed by atoms with Crippen LogP contribution in [-0.2, 0) is 14.3 Å². The van der Waals surface area contributed by atoms with Crippen LogP contribution in [0.25, 0.3) is 0 Å². The predicted octanol–water partition coefficient (Wildman–Crippen LogP) is 1.03. The van der Waals surface area contributed by atoms with Crippen molar-refractivity contribution in [3.63, 3.8) is 0 Å². The van der Waals surface area contributed by atoms with Gasteiger partial charge >= 0.3 is 5.97 Å². The van der Waals surface area contributed by atoms with E-state index in [0.717, 1.165) is 39.3 Å². The van der Waals surface area contributed by atoms with Crippen LogP contribution in [0, 0.1) is 0 Å². The Morgan fingerprint density at radius 3 is 2.90 bits per heavy atom. The lowest BCUT2D eigenvalue weighted by atomic mass is 10.1. The number of carbonyl (C=O) groups is 1. The van der Waals surface area contributed by atoms with Crippen molar-refractivity contribution in [2.45, 2.75) is 18.5 Å². The van der Waals surface area contributed by atoms with Gasteiger partial charge in [0, 0.05) is 30.9 Å². The Kier molecular flexibility index (Phi) is 4.67. The molecule has 0 radical (unpaired) electrons. The Bertz CT molecular complexity index is 432. The van der Waals surface area contributed by atoms with Crippen molar-refractivity contribution in [3.8, 4) is 0 Å². The molecule has 3 heterocycles. The van der Waals surface area contributed by atoms with Crippen molar-refractivity contribution in [1.29, 1.82) is 0 Å². The Balaban J connectivity index is 1.64. The summed E-state index contributed by atoms with van der Waals surface area (Å²) in [5.74, 6) is -0.114. The van der Waals surface area contributed by atoms with Crippen LogP contribution in [0.15, 0.2) is 17.5 Å². The minimum atomic E-state index is -0.140. The molecule has 2 aliphatic rings. The maximum Gasteiger partial charge on any atom is 0.323 e. The number of rotatable bonds is 5. The largest absolute Gasteiger partial charge is 0.464 e. The van der Waals surface area contributed by atoms with Crippen LogP contribution >= 0.6 is 11.3 Å². The van der Waals surface area contributed by atoms with Gasteiger partial charge in [-0.25, -0.2) is 0 Å². The number of ether oxygens (including phenoxy) is 2. The van der Waals surface area contributed by atoms with Gasteiger partial charge in [0.1, 0.15) is 6.04 Å². The van der Waals surface area contributed by atoms with Gasteiger partial charge in [-0.05, 0) is 11.4 Å². The second-order valence-corrected chi connectivity index (χ2v) is 6.08. The van der Waals surface area contributed by atoms with Crippen molar-refractivity contribution in [2.75, 3.05) is 39.5 Å². The van der Waals surface area contributed by atoms with E-state index in [4.69, 9.17) is 9.47 Å². The van der Waals surface area contributed by atoms with Gasteiger partial charge in [-0.1, -0.05) is 6.07 Å². The van der Waals surface area contributed by atoms with Crippen LogP contribution < -0.4 is 5.32 Å². The molecule has 0 amide bonds. The Hall–Kier alpha value is -0.950. The zero-order chi connectivity index (χ0) is 13.8. The van der Waals surface area contributed by atoms with Crippen molar-refractivity contribution < 1.29 is 14.3 Å². The van der Waals surface area contributed by atoms with Gasteiger partial charge < -0.3 is 14.8 Å². The van der Waals surface area contributed by atoms with Gasteiger partial charge in [0.05, 0.1) is 25.9 Å². The normalized spacial score (nSPS) is 25.6. The lowest BCUT2D eigenvalue weighted by molar-refractivity contribution is -0.139. The fraction of sp³-hybridized carbons (Fsp3) is 0.643. The van der Waals surface area contributed by atoms with E-state index >= 15 is 0 Å². The summed E-state index contributed by atoms with van der Waals surface area (Å²) in [5, 5.41) is 5.47. The van der Waals surface area contributed by atoms with E-state index in [0.29, 0.717) is 12.6 Å². The van der Waals surface area contributed by atoms with Gasteiger partial charge in [-0.15, -0.1) is 11.3 Å². The molecular weight excluding hydrogens is 276 g/mol. The van der Waals surface area contributed by atoms with Gasteiger partial charge in [0.25, 0.3) is 0 Å². The fourth-order valence-electron chi connectivity index (χ4n) is 2.71. The van der Waals surface area contributed by atoms with E-state index in [-0.39, 0.29) is 12.0 Å². The fourth-order valence-corrected chi connectivity index (χ4v) is 3.58. The molecule has 2 fully saturated rings. The topological polar surface area (TPSA) is 50.8 Å². The molecule has 0 aromatic carbocycles. The molecule has 0 unspecified atom stereocenters. The van der Waals surface area contributed by atoms with Crippen LogP contribution in [0.1, 0.15) is 17.3 Å². The van der Waals surface area contributed by atoms with Crippen LogP contribution in [-0.4, -0.2) is 56.4 Å². The summed E-state index contributed by atoms with van der Waals surface area (Å²) in [7, 11) is 0. The summed E-state index contributed by atoms with van der Waals surface area (Å²) in [5.41, 5.74) is 0. The summed E-state index contributed by atoms with van der Waals surface area (Å²) in [6, 6.07) is 4.42. The molecule has 2 saturated heterocycles. The number of hydrogen-bond acceptors (Lipinski definition) is 6. The Morgan fingerprint density at radius 1 is 1.40 bits per heavy atom. The molecule has 0 spiro atoms. The highest BCUT2D eigenvalue weighted by atomic mass is 32.1. The van der Waals surface area contributed by atoms with E-state index in [1.54, 1.807) is 11.3 Å². The molecule has 2 atom stereocenters. The maximum absolute atomic E-state index is 11.5. The zero-order valence-electron chi connectivity index (χ0n) is 11.4. The molecule has 20 heavy (non-hydrogen) atoms. The number of nitrogens with zero attached hydrogens (tertiary/aromatic N) is 1. The molecule has 6 heteroatoms. The molecule has 1 aromatic rings. The minimum absolute atomic E-state index is 0.114. The average molecular weight is 296 g/mol. The zero-order valence-corrected chi connectivity index (χ0v) is 12.2. The van der Waals surface area contributed by atoms with Crippen molar-refractivity contribution in [3.05, 3.63) is 22.4 Å². The van der Waals surface area contributed by atoms with Crippen molar-refractivity contribution in [1.82, 2.24) is 10.2 Å². The van der Waals surface area contributed by atoms with Crippen molar-refractivity contribution in [2.24, 2.45) is 0 Å². The first-order chi connectivity index (χ1) is 9.84. The summed E-state index contributed by atoms with van der Waals surface area (Å²) in [6.07, 6.45) is 0.777. The summed E-state index contributed by atoms with van der Waals surface area (Å²) in [6.45, 7) is 4.78. The lowest BCUT2D eigenvalue weighted by Gasteiger charge is -2.34. The third kappa shape index (κ3) is 3.20. The van der Waals surface area contributed by atoms with E-state index in [9.17, 15) is 4.79 Å². The quantitative estimate of drug-likeness (QED) is 0.822. The van der Waals surface area contributed by atoms with Gasteiger partial charge in [-0.3, -0.25) is 9.69 Å². The highest BCUT2D eigenvalue weighted by molar-refractivity contribution is 7.10. The first-order valence-corrected chi connectivity index (χ1v) is 7.98. The molecule has 2 aliphatic heterocycles. The SMILES string of the molecule is O=C1OCC[C@@H]1NC[C@H](c1cccs1)N1CCOCC1. The molecule has 1 N–H and O–H groups in total. The lowest BCUT2D eigenvalue weighted by Crippen LogP contribution is -2.45. The van der Waals surface area contributed by atoms with Crippen LogP contribution in [0.2, 0.25) is 0 Å². The van der Waals surface area contributed by atoms with E-state index in [1.807, 2.05) is 0 Å². The Labute approximate surface area is 122 Å². The van der Waals surface area contributed by atoms with E-state index in [1.165, 1.54) is 4.88 Å². The standard InChI is InChI=1S/C14H20N2O3S/c17-14-11(3-6-19-14)15-10-12(13-2-1-9-20-13)16-4-7-18-8-5-16/h1-2,9,11-12,15H,3-8,10H2/t11-,12+/m0/s1. The molecule has 5 nitrogen and oxygen atoms in total. The molecule has 0 saturated carbocycles. The molecule has 0 aliphatic carbocycles. The average Bonchev–Trinajstić information content (AvgIpc) is 3.13. The van der Waals surface area contributed by atoms with Gasteiger partial charge in [0.15, 0.2) is 0 Å². The second-order valence-electron chi connectivity index (χ2n) is 5.10. The number of hydrogen-bond donors (Lipinski definition) is 1. The molecule has 1 aromatic heterocycles. The minimum Gasteiger partial charge on any atom is -0.464 e. The highest BCUT2D eigenvalue weighted by Gasteiger charge is 2.29. The van der Waals surface area contributed by atoms with Crippen LogP contribution in [0.5, 0.6) is 0 Å². The van der Waals surface area contributed by atoms with E-state index < -0.39 is 0 Å². The molecule has 3 rings (SSSR count).